The molecular weight excluding hydrogens is 364 g/mol. The molecule has 0 bridgehead atoms. The summed E-state index contributed by atoms with van der Waals surface area (Å²) in [6.45, 7) is 0. The van der Waals surface area contributed by atoms with Crippen LogP contribution in [-0.2, 0) is 6.42 Å². The maximum absolute atomic E-state index is 6.53. The predicted octanol–water partition coefficient (Wildman–Crippen LogP) is 7.98. The van der Waals surface area contributed by atoms with Crippen LogP contribution in [0.15, 0.2) is 101 Å². The van der Waals surface area contributed by atoms with Crippen LogP contribution in [0.2, 0.25) is 0 Å². The quantitative estimate of drug-likeness (QED) is 0.280. The lowest BCUT2D eigenvalue weighted by molar-refractivity contribution is 0.665. The van der Waals surface area contributed by atoms with Crippen LogP contribution in [-0.4, -0.2) is 0 Å². The van der Waals surface area contributed by atoms with Crippen molar-refractivity contribution in [3.05, 3.63) is 108 Å². The Hall–Kier alpha value is -3.84. The van der Waals surface area contributed by atoms with Gasteiger partial charge in [-0.1, -0.05) is 84.9 Å². The summed E-state index contributed by atoms with van der Waals surface area (Å²) in [6.07, 6.45) is 0.929. The van der Waals surface area contributed by atoms with Gasteiger partial charge in [0.15, 0.2) is 0 Å². The van der Waals surface area contributed by atoms with Crippen LogP contribution < -0.4 is 0 Å². The maximum atomic E-state index is 6.53. The highest BCUT2D eigenvalue weighted by Crippen LogP contribution is 2.48. The lowest BCUT2D eigenvalue weighted by Crippen LogP contribution is -1.85. The first-order chi connectivity index (χ1) is 14.9. The standard InChI is InChI=1S/C29H18O/c1-2-8-18(9-3-1)19-14-15-26-24(16-19)28-23-13-7-6-12-22(23)27-21-11-5-4-10-20(21)17-25(27)29(28)30-26/h1-16H,17H2. The van der Waals surface area contributed by atoms with Crippen molar-refractivity contribution in [1.82, 2.24) is 0 Å². The first-order valence-electron chi connectivity index (χ1n) is 10.4. The number of rotatable bonds is 1. The van der Waals surface area contributed by atoms with Gasteiger partial charge in [0.1, 0.15) is 11.2 Å². The van der Waals surface area contributed by atoms with Gasteiger partial charge in [-0.15, -0.1) is 0 Å². The molecule has 0 unspecified atom stereocenters. The van der Waals surface area contributed by atoms with Gasteiger partial charge in [0.25, 0.3) is 0 Å². The molecule has 0 radical (unpaired) electrons. The second kappa shape index (κ2) is 5.84. The van der Waals surface area contributed by atoms with Gasteiger partial charge in [0.05, 0.1) is 0 Å². The molecule has 0 aliphatic heterocycles. The number of hydrogen-bond donors (Lipinski definition) is 0. The summed E-state index contributed by atoms with van der Waals surface area (Å²) < 4.78 is 6.53. The second-order valence-electron chi connectivity index (χ2n) is 8.12. The maximum Gasteiger partial charge on any atom is 0.140 e. The van der Waals surface area contributed by atoms with E-state index >= 15 is 0 Å². The molecule has 0 saturated heterocycles. The number of hydrogen-bond acceptors (Lipinski definition) is 1. The third-order valence-corrected chi connectivity index (χ3v) is 6.49. The Kier molecular flexibility index (Phi) is 3.12. The van der Waals surface area contributed by atoms with Crippen molar-refractivity contribution < 1.29 is 4.42 Å². The largest absolute Gasteiger partial charge is 0.456 e. The zero-order valence-electron chi connectivity index (χ0n) is 16.4. The van der Waals surface area contributed by atoms with Crippen molar-refractivity contribution in [2.75, 3.05) is 0 Å². The summed E-state index contributed by atoms with van der Waals surface area (Å²) in [7, 11) is 0. The number of fused-ring (bicyclic) bond motifs is 10. The number of furan rings is 1. The molecule has 0 amide bonds. The molecule has 0 atom stereocenters. The molecule has 30 heavy (non-hydrogen) atoms. The minimum Gasteiger partial charge on any atom is -0.456 e. The van der Waals surface area contributed by atoms with Crippen LogP contribution in [0, 0.1) is 0 Å². The van der Waals surface area contributed by atoms with Gasteiger partial charge in [-0.2, -0.15) is 0 Å². The highest BCUT2D eigenvalue weighted by atomic mass is 16.3. The molecule has 1 aromatic heterocycles. The van der Waals surface area contributed by atoms with E-state index in [-0.39, 0.29) is 0 Å². The first-order valence-corrected chi connectivity index (χ1v) is 10.4. The Morgan fingerprint density at radius 2 is 1.37 bits per heavy atom. The van der Waals surface area contributed by atoms with Crippen molar-refractivity contribution in [3.8, 4) is 22.3 Å². The third-order valence-electron chi connectivity index (χ3n) is 6.49. The van der Waals surface area contributed by atoms with Crippen molar-refractivity contribution >= 4 is 32.7 Å². The molecule has 140 valence electrons. The second-order valence-corrected chi connectivity index (χ2v) is 8.12. The minimum absolute atomic E-state index is 0.929. The van der Waals surface area contributed by atoms with Gasteiger partial charge in [-0.05, 0) is 50.7 Å². The van der Waals surface area contributed by atoms with Crippen LogP contribution in [0.3, 0.4) is 0 Å². The van der Waals surface area contributed by atoms with Crippen LogP contribution in [0.4, 0.5) is 0 Å². The Morgan fingerprint density at radius 1 is 0.600 bits per heavy atom. The molecule has 0 N–H and O–H groups in total. The smallest absolute Gasteiger partial charge is 0.140 e. The van der Waals surface area contributed by atoms with Crippen LogP contribution in [0.5, 0.6) is 0 Å². The number of benzene rings is 5. The van der Waals surface area contributed by atoms with Crippen LogP contribution in [0.25, 0.3) is 55.0 Å². The van der Waals surface area contributed by atoms with Crippen molar-refractivity contribution in [1.29, 1.82) is 0 Å². The first kappa shape index (κ1) is 16.0. The molecule has 5 aromatic carbocycles. The average Bonchev–Trinajstić information content (AvgIpc) is 3.38. The topological polar surface area (TPSA) is 13.1 Å². The van der Waals surface area contributed by atoms with E-state index in [4.69, 9.17) is 4.42 Å². The monoisotopic (exact) mass is 382 g/mol. The Morgan fingerprint density at radius 3 is 2.27 bits per heavy atom. The Labute approximate surface area is 174 Å². The van der Waals surface area contributed by atoms with E-state index in [1.54, 1.807) is 0 Å². The van der Waals surface area contributed by atoms with E-state index in [1.165, 1.54) is 54.9 Å². The molecule has 1 nitrogen and oxygen atoms in total. The predicted molar refractivity (Wildman–Crippen MR) is 125 cm³/mol. The molecule has 0 spiro atoms. The van der Waals surface area contributed by atoms with Crippen LogP contribution >= 0.6 is 0 Å². The summed E-state index contributed by atoms with van der Waals surface area (Å²) in [4.78, 5) is 0. The molecule has 0 saturated carbocycles. The van der Waals surface area contributed by atoms with E-state index < -0.39 is 0 Å². The average molecular weight is 382 g/mol. The van der Waals surface area contributed by atoms with Crippen molar-refractivity contribution in [2.45, 2.75) is 6.42 Å². The molecule has 0 fully saturated rings. The molecule has 1 aliphatic rings. The summed E-state index contributed by atoms with van der Waals surface area (Å²) in [5.41, 5.74) is 9.84. The normalized spacial score (nSPS) is 12.5. The molecule has 1 heteroatoms. The SMILES string of the molecule is c1ccc(-c2ccc3oc4c5c(c6ccccc6c4c3c2)-c2ccccc2C5)cc1. The van der Waals surface area contributed by atoms with Crippen molar-refractivity contribution in [2.24, 2.45) is 0 Å². The van der Waals surface area contributed by atoms with E-state index in [9.17, 15) is 0 Å². The zero-order valence-corrected chi connectivity index (χ0v) is 16.4. The van der Waals surface area contributed by atoms with Gasteiger partial charge in [-0.25, -0.2) is 0 Å². The van der Waals surface area contributed by atoms with Gasteiger partial charge in [0, 0.05) is 22.8 Å². The van der Waals surface area contributed by atoms with E-state index in [1.807, 2.05) is 0 Å². The molecule has 7 rings (SSSR count). The fraction of sp³-hybridized carbons (Fsp3) is 0.0345. The summed E-state index contributed by atoms with van der Waals surface area (Å²) in [5, 5.41) is 5.02. The third kappa shape index (κ3) is 2.07. The Balaban J connectivity index is 1.64. The van der Waals surface area contributed by atoms with Gasteiger partial charge >= 0.3 is 0 Å². The lowest BCUT2D eigenvalue weighted by Gasteiger charge is -2.09. The van der Waals surface area contributed by atoms with E-state index in [0.29, 0.717) is 0 Å². The zero-order chi connectivity index (χ0) is 19.7. The van der Waals surface area contributed by atoms with Gasteiger partial charge < -0.3 is 4.42 Å². The van der Waals surface area contributed by atoms with E-state index in [2.05, 4.69) is 97.1 Å². The summed E-state index contributed by atoms with van der Waals surface area (Å²) in [5.74, 6) is 0. The highest BCUT2D eigenvalue weighted by Gasteiger charge is 2.26. The van der Waals surface area contributed by atoms with Gasteiger partial charge in [-0.3, -0.25) is 0 Å². The Bertz CT molecular complexity index is 1600. The molecule has 6 aromatic rings. The summed E-state index contributed by atoms with van der Waals surface area (Å²) >= 11 is 0. The van der Waals surface area contributed by atoms with E-state index in [0.717, 1.165) is 17.6 Å². The molecular formula is C29H18O. The summed E-state index contributed by atoms with van der Waals surface area (Å²) in [6, 6.07) is 34.7. The molecule has 1 heterocycles. The van der Waals surface area contributed by atoms with Crippen molar-refractivity contribution in [3.63, 3.8) is 0 Å². The fourth-order valence-electron chi connectivity index (χ4n) is 5.17. The fourth-order valence-corrected chi connectivity index (χ4v) is 5.17. The van der Waals surface area contributed by atoms with Gasteiger partial charge in [0.2, 0.25) is 0 Å². The lowest BCUT2D eigenvalue weighted by atomic mass is 9.93. The minimum atomic E-state index is 0.929. The molecule has 1 aliphatic carbocycles. The highest BCUT2D eigenvalue weighted by molar-refractivity contribution is 6.24. The van der Waals surface area contributed by atoms with Crippen LogP contribution in [0.1, 0.15) is 11.1 Å².